The summed E-state index contributed by atoms with van der Waals surface area (Å²) in [4.78, 5) is 36.5. The summed E-state index contributed by atoms with van der Waals surface area (Å²) in [5, 5.41) is 6.51. The van der Waals surface area contributed by atoms with Crippen LogP contribution >= 0.6 is 11.6 Å². The SMILES string of the molecule is COc1cc(C(C)=NNC(=O)C(=O)Nc2ccc(C(F)(F)F)cc2)ccc1OC(=O)c1ccc(Cl)cc1. The van der Waals surface area contributed by atoms with Crippen LogP contribution in [0, 0.1) is 0 Å². The van der Waals surface area contributed by atoms with Gasteiger partial charge in [0.25, 0.3) is 0 Å². The second-order valence-corrected chi connectivity index (χ2v) is 7.87. The number of rotatable bonds is 6. The molecule has 2 amide bonds. The van der Waals surface area contributed by atoms with Crippen LogP contribution in [0.4, 0.5) is 18.9 Å². The Bertz CT molecular complexity index is 1340. The maximum absolute atomic E-state index is 12.6. The average molecular weight is 534 g/mol. The van der Waals surface area contributed by atoms with Gasteiger partial charge in [0.2, 0.25) is 0 Å². The number of nitrogens with one attached hydrogen (secondary N) is 2. The van der Waals surface area contributed by atoms with E-state index >= 15 is 0 Å². The molecule has 2 N–H and O–H groups in total. The van der Waals surface area contributed by atoms with Gasteiger partial charge in [-0.05, 0) is 73.7 Å². The molecule has 0 bridgehead atoms. The third-order valence-corrected chi connectivity index (χ3v) is 5.12. The minimum atomic E-state index is -4.52. The third-order valence-electron chi connectivity index (χ3n) is 4.87. The van der Waals surface area contributed by atoms with Gasteiger partial charge in [-0.2, -0.15) is 18.3 Å². The van der Waals surface area contributed by atoms with E-state index < -0.39 is 29.5 Å². The number of hydrogen-bond donors (Lipinski definition) is 2. The van der Waals surface area contributed by atoms with Crippen molar-refractivity contribution in [2.45, 2.75) is 13.1 Å². The fourth-order valence-corrected chi connectivity index (χ4v) is 3.03. The van der Waals surface area contributed by atoms with Crippen molar-refractivity contribution in [3.05, 3.63) is 88.4 Å². The highest BCUT2D eigenvalue weighted by Gasteiger charge is 2.30. The molecule has 0 saturated heterocycles. The lowest BCUT2D eigenvalue weighted by Crippen LogP contribution is -2.33. The van der Waals surface area contributed by atoms with Crippen molar-refractivity contribution in [1.29, 1.82) is 0 Å². The molecule has 0 aliphatic carbocycles. The zero-order chi connectivity index (χ0) is 27.2. The first kappa shape index (κ1) is 27.2. The van der Waals surface area contributed by atoms with Crippen LogP contribution < -0.4 is 20.2 Å². The van der Waals surface area contributed by atoms with Gasteiger partial charge in [-0.25, -0.2) is 10.2 Å². The predicted molar refractivity (Wildman–Crippen MR) is 130 cm³/mol. The summed E-state index contributed by atoms with van der Waals surface area (Å²) in [6.45, 7) is 1.54. The maximum Gasteiger partial charge on any atom is 0.416 e. The van der Waals surface area contributed by atoms with Crippen molar-refractivity contribution >= 4 is 40.8 Å². The summed E-state index contributed by atoms with van der Waals surface area (Å²) in [6.07, 6.45) is -4.52. The van der Waals surface area contributed by atoms with Crippen molar-refractivity contribution < 1.29 is 37.0 Å². The average Bonchev–Trinajstić information content (AvgIpc) is 2.87. The standard InChI is InChI=1S/C25H19ClF3N3O5/c1-14(31-32-23(34)22(33)30-19-10-6-17(7-11-19)25(27,28)29)16-5-12-20(21(13-16)36-2)37-24(35)15-3-8-18(26)9-4-15/h3-13H,1-2H3,(H,30,33)(H,32,34). The van der Waals surface area contributed by atoms with Crippen molar-refractivity contribution in [3.8, 4) is 11.5 Å². The Labute approximate surface area is 214 Å². The predicted octanol–water partition coefficient (Wildman–Crippen LogP) is 5.07. The summed E-state index contributed by atoms with van der Waals surface area (Å²) in [7, 11) is 1.37. The van der Waals surface area contributed by atoms with Crippen LogP contribution in [0.15, 0.2) is 71.8 Å². The zero-order valence-corrected chi connectivity index (χ0v) is 20.1. The number of carbonyl (C=O) groups excluding carboxylic acids is 3. The van der Waals surface area contributed by atoms with Crippen LogP contribution in [0.3, 0.4) is 0 Å². The monoisotopic (exact) mass is 533 g/mol. The van der Waals surface area contributed by atoms with Crippen LogP contribution in [-0.2, 0) is 15.8 Å². The molecule has 0 fully saturated rings. The summed E-state index contributed by atoms with van der Waals surface area (Å²) >= 11 is 5.82. The van der Waals surface area contributed by atoms with E-state index in [1.165, 1.54) is 31.4 Å². The fraction of sp³-hybridized carbons (Fsp3) is 0.120. The maximum atomic E-state index is 12.6. The first-order chi connectivity index (χ1) is 17.5. The van der Waals surface area contributed by atoms with Crippen molar-refractivity contribution in [3.63, 3.8) is 0 Å². The first-order valence-corrected chi connectivity index (χ1v) is 10.8. The molecule has 0 radical (unpaired) electrons. The fourth-order valence-electron chi connectivity index (χ4n) is 2.90. The topological polar surface area (TPSA) is 106 Å². The summed E-state index contributed by atoms with van der Waals surface area (Å²) in [6, 6.07) is 14.3. The van der Waals surface area contributed by atoms with Crippen LogP contribution in [0.5, 0.6) is 11.5 Å². The Kier molecular flexibility index (Phi) is 8.51. The van der Waals surface area contributed by atoms with Gasteiger partial charge in [0.15, 0.2) is 11.5 Å². The van der Waals surface area contributed by atoms with Crippen LogP contribution in [0.1, 0.15) is 28.4 Å². The number of methoxy groups -OCH3 is 1. The first-order valence-electron chi connectivity index (χ1n) is 10.5. The lowest BCUT2D eigenvalue weighted by molar-refractivity contribution is -0.137. The van der Waals surface area contributed by atoms with E-state index in [4.69, 9.17) is 21.1 Å². The minimum absolute atomic E-state index is 0.00215. The molecule has 3 rings (SSSR count). The molecule has 3 aromatic rings. The second-order valence-electron chi connectivity index (χ2n) is 7.43. The number of nitrogens with zero attached hydrogens (tertiary/aromatic N) is 1. The van der Waals surface area contributed by atoms with Gasteiger partial charge in [-0.15, -0.1) is 0 Å². The molecule has 0 heterocycles. The number of benzene rings is 3. The number of alkyl halides is 3. The Morgan fingerprint density at radius 2 is 1.49 bits per heavy atom. The van der Waals surface area contributed by atoms with E-state index in [0.717, 1.165) is 24.3 Å². The highest BCUT2D eigenvalue weighted by Crippen LogP contribution is 2.30. The largest absolute Gasteiger partial charge is 0.493 e. The zero-order valence-electron chi connectivity index (χ0n) is 19.4. The van der Waals surface area contributed by atoms with Gasteiger partial charge in [-0.3, -0.25) is 9.59 Å². The Morgan fingerprint density at radius 3 is 2.08 bits per heavy atom. The van der Waals surface area contributed by atoms with Crippen LogP contribution in [-0.4, -0.2) is 30.6 Å². The molecule has 0 aromatic heterocycles. The van der Waals surface area contributed by atoms with E-state index in [9.17, 15) is 27.6 Å². The van der Waals surface area contributed by atoms with Crippen LogP contribution in [0.2, 0.25) is 5.02 Å². The second kappa shape index (κ2) is 11.6. The number of esters is 1. The van der Waals surface area contributed by atoms with Gasteiger partial charge in [0, 0.05) is 16.3 Å². The minimum Gasteiger partial charge on any atom is -0.493 e. The molecule has 0 saturated carbocycles. The molecule has 3 aromatic carbocycles. The molecular formula is C25H19ClF3N3O5. The quantitative estimate of drug-likeness (QED) is 0.151. The molecule has 0 aliphatic rings. The number of anilines is 1. The molecule has 12 heteroatoms. The molecule has 0 spiro atoms. The lowest BCUT2D eigenvalue weighted by atomic mass is 10.1. The van der Waals surface area contributed by atoms with Crippen molar-refractivity contribution in [1.82, 2.24) is 5.43 Å². The Hall–Kier alpha value is -4.38. The lowest BCUT2D eigenvalue weighted by Gasteiger charge is -2.11. The molecule has 8 nitrogen and oxygen atoms in total. The van der Waals surface area contributed by atoms with E-state index in [0.29, 0.717) is 10.6 Å². The Morgan fingerprint density at radius 1 is 0.865 bits per heavy atom. The third kappa shape index (κ3) is 7.31. The summed E-state index contributed by atoms with van der Waals surface area (Å²) in [5.74, 6) is -2.54. The van der Waals surface area contributed by atoms with Gasteiger partial charge in [0.05, 0.1) is 23.9 Å². The Balaban J connectivity index is 1.63. The van der Waals surface area contributed by atoms with Crippen molar-refractivity contribution in [2.24, 2.45) is 5.10 Å². The number of carbonyl (C=O) groups is 3. The van der Waals surface area contributed by atoms with Gasteiger partial charge in [0.1, 0.15) is 0 Å². The number of hydrazone groups is 1. The molecule has 0 atom stereocenters. The van der Waals surface area contributed by atoms with E-state index in [-0.39, 0.29) is 28.5 Å². The number of halogens is 4. The number of ether oxygens (including phenoxy) is 2. The highest BCUT2D eigenvalue weighted by atomic mass is 35.5. The van der Waals surface area contributed by atoms with E-state index in [1.54, 1.807) is 25.1 Å². The molecule has 192 valence electrons. The van der Waals surface area contributed by atoms with Gasteiger partial charge >= 0.3 is 24.0 Å². The number of hydrogen-bond acceptors (Lipinski definition) is 6. The molecule has 0 aliphatic heterocycles. The van der Waals surface area contributed by atoms with E-state index in [1.807, 2.05) is 0 Å². The molecular weight excluding hydrogens is 515 g/mol. The smallest absolute Gasteiger partial charge is 0.416 e. The molecule has 0 unspecified atom stereocenters. The van der Waals surface area contributed by atoms with Gasteiger partial charge in [-0.1, -0.05) is 11.6 Å². The van der Waals surface area contributed by atoms with E-state index in [2.05, 4.69) is 15.8 Å². The summed E-state index contributed by atoms with van der Waals surface area (Å²) in [5.41, 5.74) is 2.22. The van der Waals surface area contributed by atoms with Crippen LogP contribution in [0.25, 0.3) is 0 Å². The normalized spacial score (nSPS) is 11.5. The highest BCUT2D eigenvalue weighted by molar-refractivity contribution is 6.39. The molecule has 37 heavy (non-hydrogen) atoms. The number of amides is 2. The van der Waals surface area contributed by atoms with Gasteiger partial charge < -0.3 is 14.8 Å². The van der Waals surface area contributed by atoms with Crippen molar-refractivity contribution in [2.75, 3.05) is 12.4 Å². The summed E-state index contributed by atoms with van der Waals surface area (Å²) < 4.78 is 48.6.